The van der Waals surface area contributed by atoms with Crippen LogP contribution in [0.15, 0.2) is 54.9 Å². The largest absolute Gasteiger partial charge is 0.350 e. The molecule has 0 saturated heterocycles. The first kappa shape index (κ1) is 17.9. The molecule has 5 heteroatoms. The Morgan fingerprint density at radius 1 is 1.04 bits per heavy atom. The highest BCUT2D eigenvalue weighted by Crippen LogP contribution is 2.24. The van der Waals surface area contributed by atoms with Crippen molar-refractivity contribution >= 4 is 28.3 Å². The number of hydrogen-bond donors (Lipinski definition) is 1. The molecule has 0 bridgehead atoms. The van der Waals surface area contributed by atoms with Crippen molar-refractivity contribution in [3.63, 3.8) is 0 Å². The van der Waals surface area contributed by atoms with Gasteiger partial charge in [0.1, 0.15) is 12.1 Å². The quantitative estimate of drug-likeness (QED) is 0.774. The minimum Gasteiger partial charge on any atom is -0.350 e. The number of fused-ring (bicyclic) bond motifs is 1. The fraction of sp³-hybridized carbons (Fsp3) is 0.286. The van der Waals surface area contributed by atoms with Gasteiger partial charge in [0.2, 0.25) is 5.91 Å². The smallest absolute Gasteiger partial charge is 0.243 e. The third-order valence-corrected chi connectivity index (χ3v) is 4.30. The molecule has 1 heterocycles. The van der Waals surface area contributed by atoms with Gasteiger partial charge in [-0.2, -0.15) is 0 Å². The zero-order chi connectivity index (χ0) is 18.7. The first-order valence-electron chi connectivity index (χ1n) is 8.66. The summed E-state index contributed by atoms with van der Waals surface area (Å²) in [5.41, 5.74) is 2.99. The lowest BCUT2D eigenvalue weighted by molar-refractivity contribution is -0.114. The Morgan fingerprint density at radius 2 is 1.73 bits per heavy atom. The summed E-state index contributed by atoms with van der Waals surface area (Å²) >= 11 is 0. The molecule has 26 heavy (non-hydrogen) atoms. The number of carbonyl (C=O) groups excluding carboxylic acids is 1. The summed E-state index contributed by atoms with van der Waals surface area (Å²) in [7, 11) is 1.86. The molecule has 0 radical (unpaired) electrons. The second-order valence-corrected chi connectivity index (χ2v) is 7.45. The van der Waals surface area contributed by atoms with Crippen LogP contribution in [0.5, 0.6) is 0 Å². The van der Waals surface area contributed by atoms with Gasteiger partial charge in [-0.1, -0.05) is 45.0 Å². The molecule has 0 saturated carbocycles. The van der Waals surface area contributed by atoms with Crippen molar-refractivity contribution in [1.29, 1.82) is 0 Å². The third-order valence-electron chi connectivity index (χ3n) is 4.30. The molecule has 5 nitrogen and oxygen atoms in total. The number of para-hydroxylation sites is 1. The molecule has 1 amide bonds. The van der Waals surface area contributed by atoms with Crippen LogP contribution in [0.1, 0.15) is 26.3 Å². The number of hydrogen-bond acceptors (Lipinski definition) is 4. The van der Waals surface area contributed by atoms with Crippen LogP contribution in [-0.4, -0.2) is 29.5 Å². The predicted octanol–water partition coefficient (Wildman–Crippen LogP) is 4.00. The summed E-state index contributed by atoms with van der Waals surface area (Å²) in [6.45, 7) is 6.72. The van der Waals surface area contributed by atoms with Crippen LogP contribution >= 0.6 is 0 Å². The van der Waals surface area contributed by atoms with E-state index in [1.54, 1.807) is 0 Å². The first-order chi connectivity index (χ1) is 12.3. The zero-order valence-corrected chi connectivity index (χ0v) is 15.7. The van der Waals surface area contributed by atoms with E-state index in [1.165, 1.54) is 11.9 Å². The number of carbonyl (C=O) groups is 1. The van der Waals surface area contributed by atoms with Crippen LogP contribution in [0.4, 0.5) is 11.5 Å². The maximum Gasteiger partial charge on any atom is 0.243 e. The highest BCUT2D eigenvalue weighted by atomic mass is 16.2. The molecule has 0 aliphatic carbocycles. The summed E-state index contributed by atoms with van der Waals surface area (Å²) in [6, 6.07) is 15.8. The minimum absolute atomic E-state index is 0.0845. The number of benzene rings is 2. The number of amides is 1. The summed E-state index contributed by atoms with van der Waals surface area (Å²) in [4.78, 5) is 22.9. The zero-order valence-electron chi connectivity index (χ0n) is 15.7. The Hall–Kier alpha value is -2.95. The van der Waals surface area contributed by atoms with Gasteiger partial charge in [0.05, 0.1) is 12.1 Å². The summed E-state index contributed by atoms with van der Waals surface area (Å²) in [5, 5.41) is 3.88. The second-order valence-electron chi connectivity index (χ2n) is 7.45. The lowest BCUT2D eigenvalue weighted by Crippen LogP contribution is -2.30. The molecule has 1 N–H and O–H groups in total. The molecule has 0 unspecified atom stereocenters. The molecular weight excluding hydrogens is 324 g/mol. The topological polar surface area (TPSA) is 58.1 Å². The standard InChI is InChI=1S/C21H24N4O/c1-21(2,3)15-9-11-16(12-10-15)24-19(26)13-25(4)20-17-7-5-6-8-18(17)22-14-23-20/h5-12,14H,13H2,1-4H3,(H,24,26). The van der Waals surface area contributed by atoms with E-state index in [-0.39, 0.29) is 17.9 Å². The van der Waals surface area contributed by atoms with Crippen molar-refractivity contribution in [3.8, 4) is 0 Å². The van der Waals surface area contributed by atoms with Crippen LogP contribution < -0.4 is 10.2 Å². The van der Waals surface area contributed by atoms with Crippen LogP contribution in [0.25, 0.3) is 10.9 Å². The van der Waals surface area contributed by atoms with Gasteiger partial charge >= 0.3 is 0 Å². The van der Waals surface area contributed by atoms with Gasteiger partial charge in [0, 0.05) is 18.1 Å². The molecule has 0 spiro atoms. The number of rotatable bonds is 4. The normalized spacial score (nSPS) is 11.4. The highest BCUT2D eigenvalue weighted by molar-refractivity contribution is 5.96. The van der Waals surface area contributed by atoms with Gasteiger partial charge in [-0.05, 0) is 35.2 Å². The Labute approximate surface area is 154 Å². The van der Waals surface area contributed by atoms with E-state index in [0.29, 0.717) is 0 Å². The number of nitrogens with one attached hydrogen (secondary N) is 1. The fourth-order valence-electron chi connectivity index (χ4n) is 2.84. The average Bonchev–Trinajstić information content (AvgIpc) is 2.60. The van der Waals surface area contributed by atoms with E-state index in [9.17, 15) is 4.79 Å². The Kier molecular flexibility index (Phi) is 4.89. The molecule has 134 valence electrons. The molecule has 0 aliphatic rings. The molecule has 1 aromatic heterocycles. The van der Waals surface area contributed by atoms with E-state index >= 15 is 0 Å². The van der Waals surface area contributed by atoms with Crippen LogP contribution in [0.3, 0.4) is 0 Å². The van der Waals surface area contributed by atoms with E-state index in [4.69, 9.17) is 0 Å². The van der Waals surface area contributed by atoms with Crippen LogP contribution in [0.2, 0.25) is 0 Å². The van der Waals surface area contributed by atoms with Crippen molar-refractivity contribution in [2.75, 3.05) is 23.8 Å². The van der Waals surface area contributed by atoms with Gasteiger partial charge in [-0.15, -0.1) is 0 Å². The van der Waals surface area contributed by atoms with Crippen LogP contribution in [-0.2, 0) is 10.2 Å². The minimum atomic E-state index is -0.0845. The van der Waals surface area contributed by atoms with E-state index in [0.717, 1.165) is 22.4 Å². The van der Waals surface area contributed by atoms with E-state index < -0.39 is 0 Å². The monoisotopic (exact) mass is 348 g/mol. The first-order valence-corrected chi connectivity index (χ1v) is 8.66. The Morgan fingerprint density at radius 3 is 2.42 bits per heavy atom. The Bertz CT molecular complexity index is 908. The Balaban J connectivity index is 1.69. The average molecular weight is 348 g/mol. The number of nitrogens with zero attached hydrogens (tertiary/aromatic N) is 3. The lowest BCUT2D eigenvalue weighted by atomic mass is 9.87. The van der Waals surface area contributed by atoms with Crippen molar-refractivity contribution in [2.24, 2.45) is 0 Å². The van der Waals surface area contributed by atoms with Crippen molar-refractivity contribution in [1.82, 2.24) is 9.97 Å². The molecular formula is C21H24N4O. The van der Waals surface area contributed by atoms with Gasteiger partial charge in [0.25, 0.3) is 0 Å². The molecule has 0 fully saturated rings. The molecule has 3 rings (SSSR count). The number of likely N-dealkylation sites (N-methyl/N-ethyl adjacent to an activating group) is 1. The van der Waals surface area contributed by atoms with Crippen LogP contribution in [0, 0.1) is 0 Å². The predicted molar refractivity (Wildman–Crippen MR) is 107 cm³/mol. The summed E-state index contributed by atoms with van der Waals surface area (Å²) in [5.74, 6) is 0.660. The third kappa shape index (κ3) is 3.99. The van der Waals surface area contributed by atoms with Gasteiger partial charge in [-0.3, -0.25) is 4.79 Å². The summed E-state index contributed by atoms with van der Waals surface area (Å²) in [6.07, 6.45) is 1.53. The van der Waals surface area contributed by atoms with E-state index in [1.807, 2.05) is 48.3 Å². The maximum absolute atomic E-state index is 12.4. The van der Waals surface area contributed by atoms with Crippen molar-refractivity contribution in [3.05, 3.63) is 60.4 Å². The molecule has 0 aliphatic heterocycles. The molecule has 2 aromatic carbocycles. The summed E-state index contributed by atoms with van der Waals surface area (Å²) < 4.78 is 0. The SMILES string of the molecule is CN(CC(=O)Nc1ccc(C(C)(C)C)cc1)c1ncnc2ccccc12. The number of anilines is 2. The fourth-order valence-corrected chi connectivity index (χ4v) is 2.84. The van der Waals surface area contributed by atoms with Crippen molar-refractivity contribution in [2.45, 2.75) is 26.2 Å². The lowest BCUT2D eigenvalue weighted by Gasteiger charge is -2.20. The highest BCUT2D eigenvalue weighted by Gasteiger charge is 2.14. The van der Waals surface area contributed by atoms with Gasteiger partial charge < -0.3 is 10.2 Å². The molecule has 3 aromatic rings. The van der Waals surface area contributed by atoms with E-state index in [2.05, 4.69) is 48.2 Å². The second kappa shape index (κ2) is 7.12. The molecule has 0 atom stereocenters. The van der Waals surface area contributed by atoms with Gasteiger partial charge in [0.15, 0.2) is 0 Å². The maximum atomic E-state index is 12.4. The van der Waals surface area contributed by atoms with Gasteiger partial charge in [-0.25, -0.2) is 9.97 Å². The number of aromatic nitrogens is 2. The van der Waals surface area contributed by atoms with Crippen molar-refractivity contribution < 1.29 is 4.79 Å².